The van der Waals surface area contributed by atoms with Crippen LogP contribution in [0.15, 0.2) is 42.7 Å². The highest BCUT2D eigenvalue weighted by Gasteiger charge is 2.32. The third-order valence-electron chi connectivity index (χ3n) is 2.19. The predicted octanol–water partition coefficient (Wildman–Crippen LogP) is 2.75. The van der Waals surface area contributed by atoms with E-state index in [9.17, 15) is 18.0 Å². The minimum Gasteiger partial charge on any atom is -0.319 e. The zero-order chi connectivity index (χ0) is 13.9. The average molecular weight is 267 g/mol. The van der Waals surface area contributed by atoms with Crippen molar-refractivity contribution in [3.8, 4) is 0 Å². The predicted molar refractivity (Wildman–Crippen MR) is 61.4 cm³/mol. The van der Waals surface area contributed by atoms with Gasteiger partial charge in [0.05, 0.1) is 11.9 Å². The number of aromatic nitrogens is 2. The first kappa shape index (κ1) is 13.0. The monoisotopic (exact) mass is 267 g/mol. The van der Waals surface area contributed by atoms with Gasteiger partial charge in [0.25, 0.3) is 5.91 Å². The molecule has 0 aromatic carbocycles. The number of hydrogen-bond acceptors (Lipinski definition) is 3. The maximum absolute atomic E-state index is 12.5. The number of carbonyl (C=O) groups is 1. The van der Waals surface area contributed by atoms with Crippen LogP contribution in [0.25, 0.3) is 0 Å². The highest BCUT2D eigenvalue weighted by atomic mass is 19.4. The Bertz CT molecular complexity index is 584. The van der Waals surface area contributed by atoms with Crippen LogP contribution in [0.5, 0.6) is 0 Å². The van der Waals surface area contributed by atoms with E-state index in [0.717, 1.165) is 12.1 Å². The molecule has 0 unspecified atom stereocenters. The molecule has 0 radical (unpaired) electrons. The van der Waals surface area contributed by atoms with Gasteiger partial charge >= 0.3 is 6.18 Å². The first-order valence-corrected chi connectivity index (χ1v) is 5.22. The molecular formula is C12H8F3N3O. The van der Waals surface area contributed by atoms with Gasteiger partial charge in [-0.1, -0.05) is 6.07 Å². The third-order valence-corrected chi connectivity index (χ3v) is 2.19. The van der Waals surface area contributed by atoms with E-state index < -0.39 is 17.8 Å². The minimum absolute atomic E-state index is 0.307. The fourth-order valence-corrected chi connectivity index (χ4v) is 1.35. The number of rotatable bonds is 2. The summed E-state index contributed by atoms with van der Waals surface area (Å²) in [6, 6.07) is 6.31. The summed E-state index contributed by atoms with van der Waals surface area (Å²) in [7, 11) is 0. The zero-order valence-electron chi connectivity index (χ0n) is 9.48. The van der Waals surface area contributed by atoms with Crippen LogP contribution in [0.3, 0.4) is 0 Å². The number of nitrogens with one attached hydrogen (secondary N) is 1. The van der Waals surface area contributed by atoms with Crippen molar-refractivity contribution in [3.05, 3.63) is 54.1 Å². The van der Waals surface area contributed by atoms with E-state index >= 15 is 0 Å². The highest BCUT2D eigenvalue weighted by Crippen LogP contribution is 2.27. The first-order valence-electron chi connectivity index (χ1n) is 5.22. The Morgan fingerprint density at radius 1 is 1.16 bits per heavy atom. The molecular weight excluding hydrogens is 259 g/mol. The van der Waals surface area contributed by atoms with E-state index in [2.05, 4.69) is 15.3 Å². The summed E-state index contributed by atoms with van der Waals surface area (Å²) in [5.74, 6) is -0.723. The summed E-state index contributed by atoms with van der Waals surface area (Å²) in [5.41, 5.74) is -1.03. The zero-order valence-corrected chi connectivity index (χ0v) is 9.48. The summed E-state index contributed by atoms with van der Waals surface area (Å²) in [4.78, 5) is 18.8. The topological polar surface area (TPSA) is 54.9 Å². The summed E-state index contributed by atoms with van der Waals surface area (Å²) in [5, 5.41) is 2.41. The SMILES string of the molecule is O=C(Nc1cccnc1)c1cccc(C(F)(F)F)n1. The highest BCUT2D eigenvalue weighted by molar-refractivity contribution is 6.02. The second-order valence-electron chi connectivity index (χ2n) is 3.60. The van der Waals surface area contributed by atoms with Crippen molar-refractivity contribution >= 4 is 11.6 Å². The molecule has 1 N–H and O–H groups in total. The lowest BCUT2D eigenvalue weighted by Gasteiger charge is -2.08. The molecule has 1 amide bonds. The molecule has 98 valence electrons. The number of pyridine rings is 2. The van der Waals surface area contributed by atoms with Gasteiger partial charge in [-0.2, -0.15) is 13.2 Å². The van der Waals surface area contributed by atoms with Crippen molar-refractivity contribution in [3.63, 3.8) is 0 Å². The largest absolute Gasteiger partial charge is 0.433 e. The molecule has 0 aliphatic rings. The van der Waals surface area contributed by atoms with Crippen LogP contribution < -0.4 is 5.32 Å². The number of hydrogen-bond donors (Lipinski definition) is 1. The van der Waals surface area contributed by atoms with Gasteiger partial charge in [0.1, 0.15) is 11.4 Å². The van der Waals surface area contributed by atoms with Crippen LogP contribution in [0, 0.1) is 0 Å². The van der Waals surface area contributed by atoms with Gasteiger partial charge in [0, 0.05) is 6.20 Å². The molecule has 2 rings (SSSR count). The molecule has 0 bridgehead atoms. The molecule has 19 heavy (non-hydrogen) atoms. The Morgan fingerprint density at radius 2 is 1.95 bits per heavy atom. The van der Waals surface area contributed by atoms with E-state index in [0.29, 0.717) is 5.69 Å². The molecule has 4 nitrogen and oxygen atoms in total. The lowest BCUT2D eigenvalue weighted by atomic mass is 10.2. The summed E-state index contributed by atoms with van der Waals surface area (Å²) >= 11 is 0. The van der Waals surface area contributed by atoms with Gasteiger partial charge in [-0.05, 0) is 24.3 Å². The van der Waals surface area contributed by atoms with Gasteiger partial charge in [0.2, 0.25) is 0 Å². The molecule has 0 saturated carbocycles. The Balaban J connectivity index is 2.20. The number of carbonyl (C=O) groups excluding carboxylic acids is 1. The molecule has 0 spiro atoms. The molecule has 2 aromatic heterocycles. The Kier molecular flexibility index (Phi) is 3.46. The summed E-state index contributed by atoms with van der Waals surface area (Å²) in [6.45, 7) is 0. The summed E-state index contributed by atoms with van der Waals surface area (Å²) < 4.78 is 37.4. The van der Waals surface area contributed by atoms with Gasteiger partial charge in [-0.15, -0.1) is 0 Å². The van der Waals surface area contributed by atoms with Crippen molar-refractivity contribution < 1.29 is 18.0 Å². The number of nitrogens with zero attached hydrogens (tertiary/aromatic N) is 2. The molecule has 2 heterocycles. The molecule has 2 aromatic rings. The van der Waals surface area contributed by atoms with Crippen LogP contribution in [0.1, 0.15) is 16.2 Å². The number of halogens is 3. The molecule has 0 aliphatic carbocycles. The van der Waals surface area contributed by atoms with Crippen molar-refractivity contribution in [2.24, 2.45) is 0 Å². The lowest BCUT2D eigenvalue weighted by molar-refractivity contribution is -0.141. The smallest absolute Gasteiger partial charge is 0.319 e. The minimum atomic E-state index is -4.58. The van der Waals surface area contributed by atoms with Crippen LogP contribution in [0.2, 0.25) is 0 Å². The third kappa shape index (κ3) is 3.27. The Labute approximate surface area is 106 Å². The second-order valence-corrected chi connectivity index (χ2v) is 3.60. The van der Waals surface area contributed by atoms with Crippen LogP contribution >= 0.6 is 0 Å². The first-order chi connectivity index (χ1) is 8.97. The summed E-state index contributed by atoms with van der Waals surface area (Å²) in [6.07, 6.45) is -1.69. The van der Waals surface area contributed by atoms with Gasteiger partial charge in [-0.3, -0.25) is 9.78 Å². The maximum Gasteiger partial charge on any atom is 0.433 e. The number of amides is 1. The maximum atomic E-state index is 12.5. The van der Waals surface area contributed by atoms with Crippen molar-refractivity contribution in [2.45, 2.75) is 6.18 Å². The molecule has 0 atom stereocenters. The molecule has 0 aliphatic heterocycles. The number of alkyl halides is 3. The van der Waals surface area contributed by atoms with Crippen LogP contribution in [0.4, 0.5) is 18.9 Å². The molecule has 0 saturated heterocycles. The second kappa shape index (κ2) is 5.05. The average Bonchev–Trinajstić information content (AvgIpc) is 2.39. The Hall–Kier alpha value is -2.44. The quantitative estimate of drug-likeness (QED) is 0.910. The van der Waals surface area contributed by atoms with Crippen molar-refractivity contribution in [1.29, 1.82) is 0 Å². The lowest BCUT2D eigenvalue weighted by Crippen LogP contribution is -2.17. The number of anilines is 1. The van der Waals surface area contributed by atoms with Gasteiger partial charge in [-0.25, -0.2) is 4.98 Å². The fourth-order valence-electron chi connectivity index (χ4n) is 1.35. The van der Waals surface area contributed by atoms with E-state index in [1.54, 1.807) is 12.1 Å². The standard InChI is InChI=1S/C12H8F3N3O/c13-12(14,15)10-5-1-4-9(18-10)11(19)17-8-3-2-6-16-7-8/h1-7H,(H,17,19). The van der Waals surface area contributed by atoms with Crippen LogP contribution in [-0.4, -0.2) is 15.9 Å². The van der Waals surface area contributed by atoms with Crippen LogP contribution in [-0.2, 0) is 6.18 Å². The van der Waals surface area contributed by atoms with E-state index in [1.807, 2.05) is 0 Å². The fraction of sp³-hybridized carbons (Fsp3) is 0.0833. The normalized spacial score (nSPS) is 11.1. The molecule has 7 heteroatoms. The van der Waals surface area contributed by atoms with Crippen molar-refractivity contribution in [1.82, 2.24) is 9.97 Å². The van der Waals surface area contributed by atoms with E-state index in [1.165, 1.54) is 18.5 Å². The van der Waals surface area contributed by atoms with E-state index in [-0.39, 0.29) is 5.69 Å². The van der Waals surface area contributed by atoms with Gasteiger partial charge in [0.15, 0.2) is 0 Å². The molecule has 0 fully saturated rings. The van der Waals surface area contributed by atoms with E-state index in [4.69, 9.17) is 0 Å². The van der Waals surface area contributed by atoms with Crippen molar-refractivity contribution in [2.75, 3.05) is 5.32 Å². The van der Waals surface area contributed by atoms with Gasteiger partial charge < -0.3 is 5.32 Å². The Morgan fingerprint density at radius 3 is 2.58 bits per heavy atom.